The molecule has 4 aliphatic heterocycles. The molecule has 1 aromatic heterocycles. The number of benzene rings is 2. The van der Waals surface area contributed by atoms with E-state index in [1.54, 1.807) is 17.9 Å². The number of nitrogens with zero attached hydrogens (tertiary/aromatic N) is 6. The second-order valence-electron chi connectivity index (χ2n) is 13.2. The molecule has 5 heterocycles. The highest BCUT2D eigenvalue weighted by Gasteiger charge is 2.59. The van der Waals surface area contributed by atoms with Gasteiger partial charge in [0.05, 0.1) is 49.8 Å². The van der Waals surface area contributed by atoms with Crippen molar-refractivity contribution in [3.8, 4) is 17.7 Å². The minimum absolute atomic E-state index is 0.00445. The van der Waals surface area contributed by atoms with Crippen LogP contribution in [0.25, 0.3) is 0 Å². The van der Waals surface area contributed by atoms with E-state index in [0.717, 1.165) is 70.4 Å². The number of fused-ring (bicyclic) bond motifs is 1. The van der Waals surface area contributed by atoms with Crippen molar-refractivity contribution in [2.45, 2.75) is 42.3 Å². The molecule has 3 saturated heterocycles. The van der Waals surface area contributed by atoms with E-state index in [9.17, 15) is 22.9 Å². The van der Waals surface area contributed by atoms with E-state index in [4.69, 9.17) is 14.2 Å². The van der Waals surface area contributed by atoms with Gasteiger partial charge in [0.15, 0.2) is 5.54 Å². The van der Waals surface area contributed by atoms with E-state index < -0.39 is 38.2 Å². The van der Waals surface area contributed by atoms with E-state index in [1.807, 2.05) is 6.07 Å². The van der Waals surface area contributed by atoms with Crippen LogP contribution in [-0.2, 0) is 25.1 Å². The molecule has 7 rings (SSSR count). The number of carbonyl (C=O) groups is 2. The SMILES string of the molecule is CCOc1ncccc1[C@]1(NC(=O)N2CC(N3CCC(N4CCOCC4)CC3)C2)C(=O)N(S(=O)(=O)c2ccc(F)cc2OC)c2ccc(C#N)cc21. The number of nitrogens with one attached hydrogen (secondary N) is 1. The monoisotopic (exact) mass is 733 g/mol. The van der Waals surface area contributed by atoms with E-state index in [-0.39, 0.29) is 46.7 Å². The van der Waals surface area contributed by atoms with Gasteiger partial charge >= 0.3 is 6.03 Å². The summed E-state index contributed by atoms with van der Waals surface area (Å²) in [6, 6.07) is 12.1. The summed E-state index contributed by atoms with van der Waals surface area (Å²) in [6.07, 6.45) is 3.52. The van der Waals surface area contributed by atoms with Crippen LogP contribution in [0.1, 0.15) is 36.5 Å². The van der Waals surface area contributed by atoms with E-state index in [0.29, 0.717) is 23.4 Å². The number of likely N-dealkylation sites (tertiary alicyclic amines) is 2. The van der Waals surface area contributed by atoms with Gasteiger partial charge < -0.3 is 24.4 Å². The van der Waals surface area contributed by atoms with Crippen molar-refractivity contribution < 1.29 is 36.6 Å². The van der Waals surface area contributed by atoms with Crippen LogP contribution < -0.4 is 19.1 Å². The first-order valence-electron chi connectivity index (χ1n) is 17.3. The zero-order valence-corrected chi connectivity index (χ0v) is 29.8. The number of methoxy groups -OCH3 is 1. The van der Waals surface area contributed by atoms with Gasteiger partial charge in [-0.1, -0.05) is 0 Å². The first kappa shape index (κ1) is 35.6. The molecule has 2 aromatic carbocycles. The number of urea groups is 1. The molecule has 0 unspecified atom stereocenters. The molecular formula is C36H40FN7O7S. The number of piperidine rings is 1. The maximum absolute atomic E-state index is 15.1. The summed E-state index contributed by atoms with van der Waals surface area (Å²) in [5.74, 6) is -2.12. The van der Waals surface area contributed by atoms with Crippen molar-refractivity contribution in [2.75, 3.05) is 70.5 Å². The highest BCUT2D eigenvalue weighted by Crippen LogP contribution is 2.50. The Kier molecular flexibility index (Phi) is 9.79. The fourth-order valence-electron chi connectivity index (χ4n) is 7.68. The van der Waals surface area contributed by atoms with Gasteiger partial charge in [0.2, 0.25) is 5.88 Å². The normalized spacial score (nSPS) is 21.7. The van der Waals surface area contributed by atoms with Gasteiger partial charge in [0.1, 0.15) is 16.5 Å². The Morgan fingerprint density at radius 2 is 1.79 bits per heavy atom. The topological polar surface area (TPSA) is 158 Å². The largest absolute Gasteiger partial charge is 0.495 e. The number of aromatic nitrogens is 1. The molecule has 14 nitrogen and oxygen atoms in total. The molecule has 16 heteroatoms. The molecule has 3 amide bonds. The Hall–Kier alpha value is -4.82. The molecule has 4 aliphatic rings. The number of ether oxygens (including phenoxy) is 3. The zero-order chi connectivity index (χ0) is 36.6. The van der Waals surface area contributed by atoms with Crippen LogP contribution in [0.2, 0.25) is 0 Å². The Morgan fingerprint density at radius 3 is 2.48 bits per heavy atom. The highest BCUT2D eigenvalue weighted by molar-refractivity contribution is 7.93. The lowest BCUT2D eigenvalue weighted by atomic mass is 9.83. The maximum atomic E-state index is 15.1. The standard InChI is InChI=1S/C36H40FN7O7S/c1-3-51-33-28(5-4-12-39-33)36(40-35(46)43-22-27(23-43)41-13-10-26(11-14-41)42-15-17-50-18-16-42)29-19-24(21-38)6-8-30(29)44(34(36)45)52(47,48)32-9-7-25(37)20-31(32)49-2/h4-9,12,19-20,26-27H,3,10-11,13-18,22-23H2,1-2H3,(H,40,46)/t36-/m1/s1. The number of morpholine rings is 1. The number of amides is 3. The molecule has 3 aromatic rings. The number of anilines is 1. The van der Waals surface area contributed by atoms with E-state index >= 15 is 4.79 Å². The quantitative estimate of drug-likeness (QED) is 0.345. The fraction of sp³-hybridized carbons (Fsp3) is 0.444. The van der Waals surface area contributed by atoms with Crippen molar-refractivity contribution in [1.29, 1.82) is 5.26 Å². The van der Waals surface area contributed by atoms with Crippen LogP contribution in [0.4, 0.5) is 14.9 Å². The van der Waals surface area contributed by atoms with Crippen LogP contribution in [0, 0.1) is 17.1 Å². The van der Waals surface area contributed by atoms with Gasteiger partial charge in [-0.05, 0) is 62.2 Å². The lowest BCUT2D eigenvalue weighted by molar-refractivity contribution is -0.121. The molecule has 52 heavy (non-hydrogen) atoms. The summed E-state index contributed by atoms with van der Waals surface area (Å²) in [5, 5.41) is 12.8. The third-order valence-corrected chi connectivity index (χ3v) is 12.1. The number of nitriles is 1. The van der Waals surface area contributed by atoms with Crippen LogP contribution in [0.5, 0.6) is 11.6 Å². The zero-order valence-electron chi connectivity index (χ0n) is 29.0. The molecule has 0 spiro atoms. The predicted molar refractivity (Wildman–Crippen MR) is 186 cm³/mol. The fourth-order valence-corrected chi connectivity index (χ4v) is 9.28. The van der Waals surface area contributed by atoms with Gasteiger partial charge in [-0.25, -0.2) is 22.6 Å². The molecule has 0 saturated carbocycles. The maximum Gasteiger partial charge on any atom is 0.318 e. The third kappa shape index (κ3) is 6.11. The molecule has 0 radical (unpaired) electrons. The number of halogens is 1. The van der Waals surface area contributed by atoms with E-state index in [2.05, 4.69) is 20.1 Å². The van der Waals surface area contributed by atoms with Gasteiger partial charge in [-0.15, -0.1) is 0 Å². The second-order valence-corrected chi connectivity index (χ2v) is 14.9. The van der Waals surface area contributed by atoms with Crippen LogP contribution in [-0.4, -0.2) is 118 Å². The van der Waals surface area contributed by atoms with Crippen LogP contribution in [0.3, 0.4) is 0 Å². The lowest BCUT2D eigenvalue weighted by Gasteiger charge is -2.49. The smallest absolute Gasteiger partial charge is 0.318 e. The molecule has 0 bridgehead atoms. The molecule has 3 fully saturated rings. The van der Waals surface area contributed by atoms with Crippen LogP contribution in [0.15, 0.2) is 59.6 Å². The molecule has 0 aliphatic carbocycles. The van der Waals surface area contributed by atoms with Crippen molar-refractivity contribution in [3.63, 3.8) is 0 Å². The molecular weight excluding hydrogens is 694 g/mol. The Bertz CT molecular complexity index is 2010. The third-order valence-electron chi connectivity index (χ3n) is 10.4. The summed E-state index contributed by atoms with van der Waals surface area (Å²) >= 11 is 0. The van der Waals surface area contributed by atoms with Gasteiger partial charge in [-0.2, -0.15) is 9.57 Å². The van der Waals surface area contributed by atoms with Crippen molar-refractivity contribution in [2.24, 2.45) is 0 Å². The van der Waals surface area contributed by atoms with Crippen LogP contribution >= 0.6 is 0 Å². The second kappa shape index (κ2) is 14.3. The Labute approximate surface area is 301 Å². The highest BCUT2D eigenvalue weighted by atomic mass is 32.2. The summed E-state index contributed by atoms with van der Waals surface area (Å²) in [5.41, 5.74) is -2.06. The Balaban J connectivity index is 1.23. The Morgan fingerprint density at radius 1 is 1.06 bits per heavy atom. The van der Waals surface area contributed by atoms with Crippen molar-refractivity contribution in [1.82, 2.24) is 25.0 Å². The first-order valence-corrected chi connectivity index (χ1v) is 18.8. The summed E-state index contributed by atoms with van der Waals surface area (Å²) in [7, 11) is -3.61. The number of pyridine rings is 1. The van der Waals surface area contributed by atoms with Crippen molar-refractivity contribution in [3.05, 3.63) is 77.2 Å². The predicted octanol–water partition coefficient (Wildman–Crippen LogP) is 2.67. The molecule has 1 N–H and O–H groups in total. The average molecular weight is 734 g/mol. The number of hydrogen-bond donors (Lipinski definition) is 1. The van der Waals surface area contributed by atoms with E-state index in [1.165, 1.54) is 37.6 Å². The average Bonchev–Trinajstić information content (AvgIpc) is 3.39. The minimum atomic E-state index is -4.80. The number of hydrogen-bond acceptors (Lipinski definition) is 11. The first-order chi connectivity index (χ1) is 25.1. The van der Waals surface area contributed by atoms with Crippen molar-refractivity contribution >= 4 is 27.6 Å². The number of sulfonamides is 1. The molecule has 274 valence electrons. The summed E-state index contributed by atoms with van der Waals surface area (Å²) in [6.45, 7) is 7.90. The summed E-state index contributed by atoms with van der Waals surface area (Å²) < 4.78 is 60.3. The summed E-state index contributed by atoms with van der Waals surface area (Å²) in [4.78, 5) is 39.7. The number of carbonyl (C=O) groups excluding carboxylic acids is 2. The van der Waals surface area contributed by atoms with Gasteiger partial charge in [0, 0.05) is 69.2 Å². The minimum Gasteiger partial charge on any atom is -0.495 e. The van der Waals surface area contributed by atoms with Gasteiger partial charge in [-0.3, -0.25) is 14.6 Å². The number of rotatable bonds is 9. The van der Waals surface area contributed by atoms with Gasteiger partial charge in [0.25, 0.3) is 15.9 Å². The molecule has 1 atom stereocenters. The lowest BCUT2D eigenvalue weighted by Crippen LogP contribution is -2.67.